The summed E-state index contributed by atoms with van der Waals surface area (Å²) in [6.07, 6.45) is -1.97. The maximum atomic E-state index is 14.2. The summed E-state index contributed by atoms with van der Waals surface area (Å²) in [5.74, 6) is -0.909. The number of alkyl halides is 6. The molecule has 4 rings (SSSR count). The van der Waals surface area contributed by atoms with Gasteiger partial charge in [-0.1, -0.05) is 0 Å². The Morgan fingerprint density at radius 2 is 0.923 bits per heavy atom. The van der Waals surface area contributed by atoms with E-state index in [0.717, 1.165) is 34.4 Å². The summed E-state index contributed by atoms with van der Waals surface area (Å²) in [5, 5.41) is 0. The van der Waals surface area contributed by atoms with Crippen LogP contribution in [0.25, 0.3) is 0 Å². The van der Waals surface area contributed by atoms with Gasteiger partial charge in [0.2, 0.25) is 0 Å². The maximum absolute atomic E-state index is 14.2. The third-order valence-electron chi connectivity index (χ3n) is 7.82. The quantitative estimate of drug-likeness (QED) is 0.297. The van der Waals surface area contributed by atoms with Gasteiger partial charge in [-0.3, -0.25) is 0 Å². The van der Waals surface area contributed by atoms with Crippen LogP contribution in [0.1, 0.15) is 52.7 Å². The van der Waals surface area contributed by atoms with E-state index in [1.165, 1.54) is 36.4 Å². The minimum absolute atomic E-state index is 0.454. The zero-order chi connectivity index (χ0) is 29.0. The summed E-state index contributed by atoms with van der Waals surface area (Å²) < 4.78 is 96.4. The Hall–Kier alpha value is -2.54. The predicted molar refractivity (Wildman–Crippen MR) is 136 cm³/mol. The van der Waals surface area contributed by atoms with Crippen molar-refractivity contribution in [2.45, 2.75) is 60.1 Å². The second kappa shape index (κ2) is 9.83. The summed E-state index contributed by atoms with van der Waals surface area (Å²) >= 11 is -5.53. The third kappa shape index (κ3) is 4.96. The molecule has 0 radical (unpaired) electrons. The van der Waals surface area contributed by atoms with E-state index in [9.17, 15) is 26.3 Å². The van der Waals surface area contributed by atoms with E-state index >= 15 is 0 Å². The zero-order valence-corrected chi connectivity index (χ0v) is 25.0. The second-order valence-corrected chi connectivity index (χ2v) is 19.8. The molecular weight excluding hydrogens is 598 g/mol. The summed E-state index contributed by atoms with van der Waals surface area (Å²) in [5.41, 5.74) is 1.17. The number of rotatable bonds is 6. The van der Waals surface area contributed by atoms with Gasteiger partial charge in [-0.05, 0) is 0 Å². The second-order valence-electron chi connectivity index (χ2n) is 10.6. The van der Waals surface area contributed by atoms with Crippen LogP contribution >= 0.6 is 0 Å². The number of para-hydroxylation sites is 2. The molecule has 0 aromatic heterocycles. The van der Waals surface area contributed by atoms with Crippen LogP contribution in [0.15, 0.2) is 95.1 Å². The molecule has 0 aliphatic heterocycles. The van der Waals surface area contributed by atoms with E-state index in [-0.39, 0.29) is 0 Å². The zero-order valence-electron chi connectivity index (χ0n) is 22.5. The molecule has 2 atom stereocenters. The average Bonchev–Trinajstić information content (AvgIpc) is 3.25. The van der Waals surface area contributed by atoms with Gasteiger partial charge in [0.25, 0.3) is 0 Å². The first-order valence-corrected chi connectivity index (χ1v) is 16.9. The van der Waals surface area contributed by atoms with Crippen LogP contribution in [0.3, 0.4) is 0 Å². The van der Waals surface area contributed by atoms with Crippen molar-refractivity contribution in [1.29, 1.82) is 0 Å². The fourth-order valence-corrected chi connectivity index (χ4v) is 18.0. The molecule has 208 valence electrons. The van der Waals surface area contributed by atoms with E-state index < -0.39 is 62.4 Å². The molecule has 2 aromatic rings. The van der Waals surface area contributed by atoms with Crippen LogP contribution < -0.4 is 5.63 Å². The van der Waals surface area contributed by atoms with Gasteiger partial charge in [0.1, 0.15) is 0 Å². The molecule has 9 heteroatoms. The number of halogens is 6. The summed E-state index contributed by atoms with van der Waals surface area (Å²) in [6, 6.07) is 9.62. The average molecular weight is 628 g/mol. The van der Waals surface area contributed by atoms with Crippen molar-refractivity contribution in [3.63, 3.8) is 0 Å². The van der Waals surface area contributed by atoms with Crippen molar-refractivity contribution in [3.05, 3.63) is 106 Å². The Balaban J connectivity index is 2.12. The molecule has 0 saturated heterocycles. The van der Waals surface area contributed by atoms with E-state index in [0.29, 0.717) is 0 Å². The molecule has 0 amide bonds. The van der Waals surface area contributed by atoms with Crippen molar-refractivity contribution in [3.8, 4) is 11.5 Å². The molecule has 0 heterocycles. The first-order valence-electron chi connectivity index (χ1n) is 12.4. The Labute approximate surface area is 230 Å². The SMILES string of the molecule is CC1=C[C](C)([Zr]([O]c2ccccc2C(F)(F)F)([O]c2ccccc2C(F)(F)F)[C]2(C)C=C(C)C=C2C)C(C)=C1. The molecule has 0 spiro atoms. The first kappa shape index (κ1) is 29.4. The fourth-order valence-electron chi connectivity index (χ4n) is 5.79. The van der Waals surface area contributed by atoms with Crippen molar-refractivity contribution >= 4 is 0 Å². The summed E-state index contributed by atoms with van der Waals surface area (Å²) in [6.45, 7) is 11.0. The fraction of sp³-hybridized carbons (Fsp3) is 0.333. The molecule has 2 aliphatic carbocycles. The Morgan fingerprint density at radius 3 is 1.21 bits per heavy atom. The molecule has 2 unspecified atom stereocenters. The van der Waals surface area contributed by atoms with Gasteiger partial charge in [0.15, 0.2) is 0 Å². The summed E-state index contributed by atoms with van der Waals surface area (Å²) in [7, 11) is 0. The van der Waals surface area contributed by atoms with Gasteiger partial charge < -0.3 is 0 Å². The van der Waals surface area contributed by atoms with Crippen LogP contribution in [0.2, 0.25) is 6.25 Å². The number of benzene rings is 2. The van der Waals surface area contributed by atoms with Crippen LogP contribution in [0.5, 0.6) is 11.5 Å². The molecule has 2 nitrogen and oxygen atoms in total. The first-order chi connectivity index (χ1) is 17.9. The van der Waals surface area contributed by atoms with Gasteiger partial charge >= 0.3 is 231 Å². The standard InChI is InChI=1S/2C8H11.2C7H5F3O.Zr/c2*1-6-4-7(2)8(3)5-6;2*8-7(9,10)5-3-1-2-4-6(5)11;/h2*4-5H,1-3H3;2*1-4,11H;/q;;;;+2/p-2. The minimum atomic E-state index is -5.53. The van der Waals surface area contributed by atoms with Crippen LogP contribution in [-0.2, 0) is 33.5 Å². The molecular formula is C30H30F6O2Zr. The van der Waals surface area contributed by atoms with E-state index in [2.05, 4.69) is 0 Å². The predicted octanol–water partition coefficient (Wildman–Crippen LogP) is 10.3. The topological polar surface area (TPSA) is 18.5 Å². The van der Waals surface area contributed by atoms with Gasteiger partial charge in [0.05, 0.1) is 0 Å². The van der Waals surface area contributed by atoms with Crippen molar-refractivity contribution in [1.82, 2.24) is 0 Å². The molecule has 2 aromatic carbocycles. The van der Waals surface area contributed by atoms with Gasteiger partial charge in [-0.15, -0.1) is 0 Å². The van der Waals surface area contributed by atoms with E-state index in [1.54, 1.807) is 0 Å². The molecule has 0 N–H and O–H groups in total. The number of hydrogen-bond acceptors (Lipinski definition) is 2. The van der Waals surface area contributed by atoms with Crippen molar-refractivity contribution in [2.24, 2.45) is 0 Å². The van der Waals surface area contributed by atoms with Crippen molar-refractivity contribution in [2.75, 3.05) is 0 Å². The monoisotopic (exact) mass is 626 g/mol. The molecule has 39 heavy (non-hydrogen) atoms. The van der Waals surface area contributed by atoms with Gasteiger partial charge in [-0.25, -0.2) is 0 Å². The van der Waals surface area contributed by atoms with Gasteiger partial charge in [-0.2, -0.15) is 0 Å². The van der Waals surface area contributed by atoms with Crippen LogP contribution in [0.4, 0.5) is 26.3 Å². The molecule has 0 bridgehead atoms. The number of allylic oxidation sites excluding steroid dienone is 8. The van der Waals surface area contributed by atoms with E-state index in [4.69, 9.17) is 5.63 Å². The van der Waals surface area contributed by atoms with Crippen molar-refractivity contribution < 1.29 is 53.1 Å². The molecule has 0 fully saturated rings. The molecule has 0 saturated carbocycles. The Bertz CT molecular complexity index is 1310. The van der Waals surface area contributed by atoms with Gasteiger partial charge in [0, 0.05) is 0 Å². The normalized spacial score (nSPS) is 23.7. The third-order valence-corrected chi connectivity index (χ3v) is 19.7. The van der Waals surface area contributed by atoms with Crippen LogP contribution in [0, 0.1) is 0 Å². The molecule has 2 aliphatic rings. The Kier molecular flexibility index (Phi) is 7.42. The Morgan fingerprint density at radius 1 is 0.590 bits per heavy atom. The number of hydrogen-bond donors (Lipinski definition) is 0. The summed E-state index contributed by atoms with van der Waals surface area (Å²) in [4.78, 5) is 0. The van der Waals surface area contributed by atoms with Crippen LogP contribution in [-0.4, -0.2) is 0 Å². The van der Waals surface area contributed by atoms with E-state index in [1.807, 2.05) is 65.8 Å².